The van der Waals surface area contributed by atoms with Gasteiger partial charge in [-0.25, -0.2) is 4.98 Å². The van der Waals surface area contributed by atoms with E-state index in [1.54, 1.807) is 24.3 Å². The number of rotatable bonds is 5. The second-order valence-electron chi connectivity index (χ2n) is 6.20. The highest BCUT2D eigenvalue weighted by Crippen LogP contribution is 2.31. The van der Waals surface area contributed by atoms with Crippen LogP contribution in [0.25, 0.3) is 22.2 Å². The van der Waals surface area contributed by atoms with E-state index in [-0.39, 0.29) is 0 Å². The first kappa shape index (κ1) is 17.7. The van der Waals surface area contributed by atoms with Crippen LogP contribution in [0.5, 0.6) is 5.75 Å². The van der Waals surface area contributed by atoms with E-state index in [1.807, 2.05) is 24.3 Å². The molecule has 5 heteroatoms. The Morgan fingerprint density at radius 3 is 2.64 bits per heavy atom. The quantitative estimate of drug-likeness (QED) is 0.517. The predicted octanol–water partition coefficient (Wildman–Crippen LogP) is 5.97. The van der Waals surface area contributed by atoms with Gasteiger partial charge in [-0.3, -0.25) is 4.79 Å². The fourth-order valence-corrected chi connectivity index (χ4v) is 2.91. The lowest BCUT2D eigenvalue weighted by atomic mass is 10.0. The molecule has 3 aromatic rings. The van der Waals surface area contributed by atoms with E-state index in [4.69, 9.17) is 27.9 Å². The summed E-state index contributed by atoms with van der Waals surface area (Å²) in [7, 11) is 0. The third-order valence-electron chi connectivity index (χ3n) is 3.72. The second-order valence-corrected chi connectivity index (χ2v) is 6.95. The third-order valence-corrected chi connectivity index (χ3v) is 4.22. The summed E-state index contributed by atoms with van der Waals surface area (Å²) in [6.45, 7) is 4.82. The molecule has 2 aromatic carbocycles. The van der Waals surface area contributed by atoms with Crippen molar-refractivity contribution >= 4 is 39.3 Å². The number of pyridine rings is 1. The van der Waals surface area contributed by atoms with Gasteiger partial charge >= 0.3 is 0 Å². The van der Waals surface area contributed by atoms with E-state index in [0.29, 0.717) is 39.7 Å². The Morgan fingerprint density at radius 1 is 1.16 bits per heavy atom. The van der Waals surface area contributed by atoms with Crippen molar-refractivity contribution in [3.8, 4) is 17.0 Å². The Kier molecular flexibility index (Phi) is 5.26. The molecule has 0 atom stereocenters. The predicted molar refractivity (Wildman–Crippen MR) is 103 cm³/mol. The number of aromatic nitrogens is 1. The van der Waals surface area contributed by atoms with Crippen molar-refractivity contribution < 1.29 is 9.53 Å². The van der Waals surface area contributed by atoms with E-state index in [2.05, 4.69) is 18.8 Å². The minimum absolute atomic E-state index is 0.387. The number of hydrogen-bond acceptors (Lipinski definition) is 3. The molecule has 0 aliphatic carbocycles. The molecule has 1 heterocycles. The Labute approximate surface area is 156 Å². The fourth-order valence-electron chi connectivity index (χ4n) is 2.53. The van der Waals surface area contributed by atoms with Gasteiger partial charge in [-0.15, -0.1) is 0 Å². The summed E-state index contributed by atoms with van der Waals surface area (Å²) < 4.78 is 5.77. The van der Waals surface area contributed by atoms with Crippen LogP contribution >= 0.6 is 23.2 Å². The molecule has 0 spiro atoms. The zero-order chi connectivity index (χ0) is 18.0. The smallest absolute Gasteiger partial charge is 0.253 e. The van der Waals surface area contributed by atoms with E-state index < -0.39 is 5.24 Å². The van der Waals surface area contributed by atoms with Crippen LogP contribution in [0.1, 0.15) is 24.2 Å². The number of para-hydroxylation sites is 1. The van der Waals surface area contributed by atoms with Crippen LogP contribution in [0.15, 0.2) is 48.5 Å². The summed E-state index contributed by atoms with van der Waals surface area (Å²) in [6.07, 6.45) is 0. The Morgan fingerprint density at radius 2 is 1.92 bits per heavy atom. The zero-order valence-corrected chi connectivity index (χ0v) is 15.4. The lowest BCUT2D eigenvalue weighted by molar-refractivity contribution is 0.108. The molecule has 0 unspecified atom stereocenters. The molecule has 0 aliphatic heterocycles. The van der Waals surface area contributed by atoms with Crippen molar-refractivity contribution in [2.45, 2.75) is 13.8 Å². The summed E-state index contributed by atoms with van der Waals surface area (Å²) in [5.41, 5.74) is 2.40. The van der Waals surface area contributed by atoms with Gasteiger partial charge in [-0.2, -0.15) is 0 Å². The van der Waals surface area contributed by atoms with Crippen molar-refractivity contribution in [3.05, 3.63) is 59.1 Å². The van der Waals surface area contributed by atoms with Gasteiger partial charge in [0.2, 0.25) is 0 Å². The van der Waals surface area contributed by atoms with E-state index in [1.165, 1.54) is 0 Å². The largest absolute Gasteiger partial charge is 0.493 e. The molecule has 3 rings (SSSR count). The molecule has 0 N–H and O–H groups in total. The zero-order valence-electron chi connectivity index (χ0n) is 13.9. The van der Waals surface area contributed by atoms with E-state index >= 15 is 0 Å². The van der Waals surface area contributed by atoms with Gasteiger partial charge < -0.3 is 4.74 Å². The Bertz CT molecular complexity index is 938. The highest BCUT2D eigenvalue weighted by molar-refractivity contribution is 6.68. The molecule has 0 saturated carbocycles. The minimum atomic E-state index is -0.539. The van der Waals surface area contributed by atoms with Crippen molar-refractivity contribution in [2.75, 3.05) is 6.61 Å². The van der Waals surface area contributed by atoms with E-state index in [0.717, 1.165) is 11.3 Å². The van der Waals surface area contributed by atoms with Crippen LogP contribution < -0.4 is 4.74 Å². The number of ether oxygens (including phenoxy) is 1. The molecule has 0 bridgehead atoms. The van der Waals surface area contributed by atoms with Crippen LogP contribution in [0.2, 0.25) is 5.02 Å². The molecule has 0 saturated heterocycles. The van der Waals surface area contributed by atoms with Crippen molar-refractivity contribution in [1.82, 2.24) is 4.98 Å². The first-order valence-electron chi connectivity index (χ1n) is 7.98. The number of halogens is 2. The summed E-state index contributed by atoms with van der Waals surface area (Å²) in [6, 6.07) is 14.6. The normalized spacial score (nSPS) is 11.1. The topological polar surface area (TPSA) is 39.2 Å². The van der Waals surface area contributed by atoms with Gasteiger partial charge in [0.1, 0.15) is 5.75 Å². The highest BCUT2D eigenvalue weighted by atomic mass is 35.5. The Hall–Kier alpha value is -2.10. The SMILES string of the molecule is CC(C)COc1cccc(-c2cc(C(=O)Cl)c3cccc(Cl)c3n2)c1. The molecule has 3 nitrogen and oxygen atoms in total. The van der Waals surface area contributed by atoms with Crippen LogP contribution in [-0.2, 0) is 0 Å². The first-order chi connectivity index (χ1) is 12.0. The van der Waals surface area contributed by atoms with Crippen LogP contribution in [0.4, 0.5) is 0 Å². The molecular formula is C20H17Cl2NO2. The third kappa shape index (κ3) is 3.94. The number of nitrogens with zero attached hydrogens (tertiary/aromatic N) is 1. The average Bonchev–Trinajstić information content (AvgIpc) is 2.59. The second kappa shape index (κ2) is 7.42. The number of carbonyl (C=O) groups excluding carboxylic acids is 1. The van der Waals surface area contributed by atoms with Gasteiger partial charge in [0.15, 0.2) is 0 Å². The number of carbonyl (C=O) groups is 1. The lowest BCUT2D eigenvalue weighted by Gasteiger charge is -2.11. The molecule has 0 radical (unpaired) electrons. The first-order valence-corrected chi connectivity index (χ1v) is 8.73. The molecule has 25 heavy (non-hydrogen) atoms. The molecule has 0 fully saturated rings. The van der Waals surface area contributed by atoms with Crippen molar-refractivity contribution in [2.24, 2.45) is 5.92 Å². The standard InChI is InChI=1S/C20H17Cl2NO2/c1-12(2)11-25-14-6-3-5-13(9-14)18-10-16(20(22)24)15-7-4-8-17(21)19(15)23-18/h3-10,12H,11H2,1-2H3. The number of fused-ring (bicyclic) bond motifs is 1. The van der Waals surface area contributed by atoms with Crippen molar-refractivity contribution in [1.29, 1.82) is 0 Å². The summed E-state index contributed by atoms with van der Waals surface area (Å²) in [5, 5.41) is 0.581. The molecule has 0 aliphatic rings. The maximum absolute atomic E-state index is 11.9. The molecule has 128 valence electrons. The monoisotopic (exact) mass is 373 g/mol. The lowest BCUT2D eigenvalue weighted by Crippen LogP contribution is -2.04. The Balaban J connectivity index is 2.11. The van der Waals surface area contributed by atoms with Gasteiger partial charge in [0.05, 0.1) is 22.8 Å². The summed E-state index contributed by atoms with van der Waals surface area (Å²) in [4.78, 5) is 16.5. The van der Waals surface area contributed by atoms with Gasteiger partial charge in [-0.1, -0.05) is 49.7 Å². The maximum Gasteiger partial charge on any atom is 0.253 e. The summed E-state index contributed by atoms with van der Waals surface area (Å²) >= 11 is 12.0. The van der Waals surface area contributed by atoms with Crippen LogP contribution in [0, 0.1) is 5.92 Å². The average molecular weight is 374 g/mol. The van der Waals surface area contributed by atoms with Gasteiger partial charge in [0.25, 0.3) is 5.24 Å². The highest BCUT2D eigenvalue weighted by Gasteiger charge is 2.14. The fraction of sp³-hybridized carbons (Fsp3) is 0.200. The van der Waals surface area contributed by atoms with E-state index in [9.17, 15) is 4.79 Å². The van der Waals surface area contributed by atoms with Crippen molar-refractivity contribution in [3.63, 3.8) is 0 Å². The number of hydrogen-bond donors (Lipinski definition) is 0. The summed E-state index contributed by atoms with van der Waals surface area (Å²) in [5.74, 6) is 1.19. The van der Waals surface area contributed by atoms with Crippen LogP contribution in [-0.4, -0.2) is 16.8 Å². The molecular weight excluding hydrogens is 357 g/mol. The maximum atomic E-state index is 11.9. The molecule has 1 aromatic heterocycles. The van der Waals surface area contributed by atoms with Crippen LogP contribution in [0.3, 0.4) is 0 Å². The van der Waals surface area contributed by atoms with Gasteiger partial charge in [0, 0.05) is 16.5 Å². The number of benzene rings is 2. The minimum Gasteiger partial charge on any atom is -0.493 e. The van der Waals surface area contributed by atoms with Gasteiger partial charge in [-0.05, 0) is 41.8 Å². The molecule has 0 amide bonds.